The van der Waals surface area contributed by atoms with Gasteiger partial charge in [-0.2, -0.15) is 5.10 Å². The third-order valence-corrected chi connectivity index (χ3v) is 3.39. The molecule has 4 nitrogen and oxygen atoms in total. The van der Waals surface area contributed by atoms with E-state index in [0.717, 1.165) is 6.21 Å². The number of benzene rings is 2. The average molecular weight is 372 g/mol. The zero-order chi connectivity index (χ0) is 15.4. The van der Waals surface area contributed by atoms with E-state index in [9.17, 15) is 14.3 Å². The number of halogens is 3. The van der Waals surface area contributed by atoms with Crippen LogP contribution in [0.25, 0.3) is 0 Å². The number of rotatable bonds is 3. The van der Waals surface area contributed by atoms with Crippen molar-refractivity contribution in [1.29, 1.82) is 0 Å². The Kier molecular flexibility index (Phi) is 4.93. The summed E-state index contributed by atoms with van der Waals surface area (Å²) in [5.74, 6) is -1.36. The van der Waals surface area contributed by atoms with Gasteiger partial charge in [-0.3, -0.25) is 4.79 Å². The van der Waals surface area contributed by atoms with E-state index in [-0.39, 0.29) is 21.9 Å². The van der Waals surface area contributed by atoms with E-state index < -0.39 is 11.7 Å². The highest BCUT2D eigenvalue weighted by atomic mass is 79.9. The molecule has 0 saturated heterocycles. The molecule has 0 atom stereocenters. The molecule has 2 aromatic carbocycles. The Morgan fingerprint density at radius 1 is 1.38 bits per heavy atom. The minimum atomic E-state index is -0.627. The molecule has 7 heteroatoms. The summed E-state index contributed by atoms with van der Waals surface area (Å²) in [5.41, 5.74) is 2.30. The molecular formula is C14H9BrClFN2O2. The summed E-state index contributed by atoms with van der Waals surface area (Å²) in [6, 6.07) is 8.61. The fourth-order valence-electron chi connectivity index (χ4n) is 1.54. The second-order valence-corrected chi connectivity index (χ2v) is 5.32. The Morgan fingerprint density at radius 3 is 2.86 bits per heavy atom. The van der Waals surface area contributed by atoms with Gasteiger partial charge < -0.3 is 5.11 Å². The maximum Gasteiger partial charge on any atom is 0.275 e. The summed E-state index contributed by atoms with van der Waals surface area (Å²) in [7, 11) is 0. The van der Waals surface area contributed by atoms with Crippen LogP contribution in [0.3, 0.4) is 0 Å². The fraction of sp³-hybridized carbons (Fsp3) is 0. The Hall–Kier alpha value is -1.92. The normalized spacial score (nSPS) is 10.8. The highest BCUT2D eigenvalue weighted by Crippen LogP contribution is 2.21. The van der Waals surface area contributed by atoms with Crippen LogP contribution < -0.4 is 5.43 Å². The van der Waals surface area contributed by atoms with Crippen molar-refractivity contribution in [3.8, 4) is 5.75 Å². The number of hydrogen-bond acceptors (Lipinski definition) is 3. The first-order chi connectivity index (χ1) is 9.99. The number of nitrogens with zero attached hydrogens (tertiary/aromatic N) is 1. The molecule has 0 spiro atoms. The van der Waals surface area contributed by atoms with Crippen LogP contribution in [0.15, 0.2) is 46.0 Å². The Balaban J connectivity index is 2.14. The second-order valence-electron chi connectivity index (χ2n) is 4.00. The largest absolute Gasteiger partial charge is 0.507 e. The first kappa shape index (κ1) is 15.5. The summed E-state index contributed by atoms with van der Waals surface area (Å²) in [5, 5.41) is 13.4. The number of hydrogen-bond donors (Lipinski definition) is 2. The standard InChI is InChI=1S/C14H9BrClFN2O2/c15-8-4-5-13(20)9(6-8)14(21)19-18-7-10-11(16)2-1-3-12(10)17/h1-7,20H,(H,19,21). The molecule has 108 valence electrons. The highest BCUT2D eigenvalue weighted by Gasteiger charge is 2.11. The number of amides is 1. The zero-order valence-electron chi connectivity index (χ0n) is 10.5. The SMILES string of the molecule is O=C(NN=Cc1c(F)cccc1Cl)c1cc(Br)ccc1O. The smallest absolute Gasteiger partial charge is 0.275 e. The predicted octanol–water partition coefficient (Wildman–Crippen LogP) is 3.71. The van der Waals surface area contributed by atoms with Gasteiger partial charge in [0.2, 0.25) is 0 Å². The van der Waals surface area contributed by atoms with Crippen molar-refractivity contribution in [3.63, 3.8) is 0 Å². The number of phenolic OH excluding ortho intramolecular Hbond substituents is 1. The molecule has 0 unspecified atom stereocenters. The number of phenols is 1. The number of carbonyl (C=O) groups is 1. The maximum atomic E-state index is 13.5. The number of carbonyl (C=O) groups excluding carboxylic acids is 1. The summed E-state index contributed by atoms with van der Waals surface area (Å²) in [6.07, 6.45) is 1.10. The predicted molar refractivity (Wildman–Crippen MR) is 82.3 cm³/mol. The van der Waals surface area contributed by atoms with Crippen molar-refractivity contribution in [2.45, 2.75) is 0 Å². The van der Waals surface area contributed by atoms with E-state index in [1.54, 1.807) is 6.07 Å². The van der Waals surface area contributed by atoms with Crippen molar-refractivity contribution in [2.75, 3.05) is 0 Å². The van der Waals surface area contributed by atoms with E-state index in [0.29, 0.717) is 4.47 Å². The van der Waals surface area contributed by atoms with Gasteiger partial charge in [0, 0.05) is 10.0 Å². The van der Waals surface area contributed by atoms with E-state index in [1.165, 1.54) is 30.3 Å². The van der Waals surface area contributed by atoms with Gasteiger partial charge in [-0.15, -0.1) is 0 Å². The average Bonchev–Trinajstić information content (AvgIpc) is 2.44. The topological polar surface area (TPSA) is 61.7 Å². The van der Waals surface area contributed by atoms with Gasteiger partial charge in [0.1, 0.15) is 11.6 Å². The molecule has 0 heterocycles. The van der Waals surface area contributed by atoms with Crippen molar-refractivity contribution in [2.24, 2.45) is 5.10 Å². The first-order valence-electron chi connectivity index (χ1n) is 5.75. The monoisotopic (exact) mass is 370 g/mol. The molecule has 2 aromatic rings. The molecular weight excluding hydrogens is 363 g/mol. The fourth-order valence-corrected chi connectivity index (χ4v) is 2.11. The number of nitrogens with one attached hydrogen (secondary N) is 1. The van der Waals surface area contributed by atoms with E-state index in [2.05, 4.69) is 26.5 Å². The zero-order valence-corrected chi connectivity index (χ0v) is 12.8. The molecule has 0 radical (unpaired) electrons. The lowest BCUT2D eigenvalue weighted by atomic mass is 10.2. The van der Waals surface area contributed by atoms with Crippen molar-refractivity contribution in [1.82, 2.24) is 5.43 Å². The van der Waals surface area contributed by atoms with Gasteiger partial charge in [-0.05, 0) is 30.3 Å². The quantitative estimate of drug-likeness (QED) is 0.638. The van der Waals surface area contributed by atoms with Crippen LogP contribution in [-0.2, 0) is 0 Å². The summed E-state index contributed by atoms with van der Waals surface area (Å²) >= 11 is 9.01. The highest BCUT2D eigenvalue weighted by molar-refractivity contribution is 9.10. The molecule has 21 heavy (non-hydrogen) atoms. The number of hydrazone groups is 1. The van der Waals surface area contributed by atoms with Crippen LogP contribution in [-0.4, -0.2) is 17.2 Å². The number of aromatic hydroxyl groups is 1. The molecule has 2 rings (SSSR count). The lowest BCUT2D eigenvalue weighted by Crippen LogP contribution is -2.17. The van der Waals surface area contributed by atoms with Crippen LogP contribution >= 0.6 is 27.5 Å². The van der Waals surface area contributed by atoms with E-state index in [1.807, 2.05) is 0 Å². The Bertz CT molecular complexity index is 702. The summed E-state index contributed by atoms with van der Waals surface area (Å²) < 4.78 is 14.1. The molecule has 0 fully saturated rings. The molecule has 0 saturated carbocycles. The molecule has 0 aliphatic carbocycles. The molecule has 1 amide bonds. The molecule has 0 bridgehead atoms. The van der Waals surface area contributed by atoms with Crippen LogP contribution in [0, 0.1) is 5.82 Å². The third-order valence-electron chi connectivity index (χ3n) is 2.56. The second kappa shape index (κ2) is 6.69. The minimum absolute atomic E-state index is 0.0427. The van der Waals surface area contributed by atoms with Crippen LogP contribution in [0.2, 0.25) is 5.02 Å². The van der Waals surface area contributed by atoms with Gasteiger partial charge in [0.25, 0.3) is 5.91 Å². The third kappa shape index (κ3) is 3.80. The van der Waals surface area contributed by atoms with Crippen molar-refractivity contribution < 1.29 is 14.3 Å². The minimum Gasteiger partial charge on any atom is -0.507 e. The lowest BCUT2D eigenvalue weighted by Gasteiger charge is -2.04. The molecule has 0 aliphatic heterocycles. The van der Waals surface area contributed by atoms with Crippen LogP contribution in [0.4, 0.5) is 4.39 Å². The lowest BCUT2D eigenvalue weighted by molar-refractivity contribution is 0.0952. The summed E-state index contributed by atoms with van der Waals surface area (Å²) in [6.45, 7) is 0. The Morgan fingerprint density at radius 2 is 2.14 bits per heavy atom. The van der Waals surface area contributed by atoms with E-state index >= 15 is 0 Å². The molecule has 0 aliphatic rings. The van der Waals surface area contributed by atoms with Crippen LogP contribution in [0.1, 0.15) is 15.9 Å². The van der Waals surface area contributed by atoms with Gasteiger partial charge in [0.05, 0.1) is 16.8 Å². The van der Waals surface area contributed by atoms with Gasteiger partial charge >= 0.3 is 0 Å². The molecule has 0 aromatic heterocycles. The maximum absolute atomic E-state index is 13.5. The van der Waals surface area contributed by atoms with Gasteiger partial charge in [-0.1, -0.05) is 33.6 Å². The summed E-state index contributed by atoms with van der Waals surface area (Å²) in [4.78, 5) is 11.8. The Labute approximate surface area is 133 Å². The molecule has 2 N–H and O–H groups in total. The van der Waals surface area contributed by atoms with Crippen molar-refractivity contribution >= 4 is 39.7 Å². The van der Waals surface area contributed by atoms with Gasteiger partial charge in [0.15, 0.2) is 0 Å². The van der Waals surface area contributed by atoms with Gasteiger partial charge in [-0.25, -0.2) is 9.82 Å². The van der Waals surface area contributed by atoms with Crippen LogP contribution in [0.5, 0.6) is 5.75 Å². The first-order valence-corrected chi connectivity index (χ1v) is 6.92. The van der Waals surface area contributed by atoms with Crippen molar-refractivity contribution in [3.05, 3.63) is 62.8 Å². The van der Waals surface area contributed by atoms with E-state index in [4.69, 9.17) is 11.6 Å².